The first-order valence-electron chi connectivity index (χ1n) is 8.92. The van der Waals surface area contributed by atoms with Gasteiger partial charge in [0.1, 0.15) is 0 Å². The molecule has 0 bridgehead atoms. The first-order valence-corrected chi connectivity index (χ1v) is 9.36. The molecule has 3 aromatic rings. The van der Waals surface area contributed by atoms with Crippen molar-refractivity contribution in [2.75, 3.05) is 0 Å². The molecular weight excluding hydrogens is 326 g/mol. The monoisotopic (exact) mass is 347 g/mol. The van der Waals surface area contributed by atoms with Gasteiger partial charge < -0.3 is 0 Å². The summed E-state index contributed by atoms with van der Waals surface area (Å²) in [4.78, 5) is 18.1. The minimum atomic E-state index is 0.203. The number of carbonyl (C=O) groups excluding carboxylic acids is 1. The zero-order chi connectivity index (χ0) is 17.2. The fourth-order valence-corrected chi connectivity index (χ4v) is 4.26. The van der Waals surface area contributed by atoms with E-state index in [0.717, 1.165) is 27.8 Å². The highest BCUT2D eigenvalue weighted by molar-refractivity contribution is 7.80. The summed E-state index contributed by atoms with van der Waals surface area (Å²) in [6, 6.07) is 16.3. The Morgan fingerprint density at radius 3 is 2.92 bits per heavy atom. The number of hydrogen-bond acceptors (Lipinski definition) is 3. The fraction of sp³-hybridized carbons (Fsp3) is 0.273. The van der Waals surface area contributed by atoms with E-state index in [1.807, 2.05) is 24.3 Å². The van der Waals surface area contributed by atoms with Gasteiger partial charge in [-0.25, -0.2) is 0 Å². The molecule has 0 fully saturated rings. The van der Waals surface area contributed by atoms with Crippen LogP contribution in [0.15, 0.2) is 59.6 Å². The molecule has 2 nitrogen and oxygen atoms in total. The Morgan fingerprint density at radius 2 is 2.00 bits per heavy atom. The second kappa shape index (κ2) is 7.01. The van der Waals surface area contributed by atoms with Crippen LogP contribution in [-0.4, -0.2) is 10.8 Å². The van der Waals surface area contributed by atoms with Crippen molar-refractivity contribution < 1.29 is 4.79 Å². The SMILES string of the molecule is O=C(CCC1CCCc2ccccc21)c1ccnc2c(S)cccc12. The maximum atomic E-state index is 12.9. The van der Waals surface area contributed by atoms with Crippen LogP contribution in [0.3, 0.4) is 0 Å². The van der Waals surface area contributed by atoms with E-state index in [4.69, 9.17) is 0 Å². The number of hydrogen-bond donors (Lipinski definition) is 1. The van der Waals surface area contributed by atoms with E-state index in [1.165, 1.54) is 30.4 Å². The number of pyridine rings is 1. The quantitative estimate of drug-likeness (QED) is 0.491. The first kappa shape index (κ1) is 16.3. The van der Waals surface area contributed by atoms with Crippen molar-refractivity contribution in [3.05, 3.63) is 71.4 Å². The third-order valence-corrected chi connectivity index (χ3v) is 5.62. The van der Waals surface area contributed by atoms with E-state index in [0.29, 0.717) is 12.3 Å². The second-order valence-electron chi connectivity index (χ2n) is 6.78. The number of Topliss-reactive ketones (excluding diaryl/α,β-unsaturated/α-hetero) is 1. The Morgan fingerprint density at radius 1 is 1.12 bits per heavy atom. The highest BCUT2D eigenvalue weighted by Crippen LogP contribution is 2.35. The van der Waals surface area contributed by atoms with Crippen molar-refractivity contribution in [2.24, 2.45) is 0 Å². The molecule has 3 heteroatoms. The maximum Gasteiger partial charge on any atom is 0.163 e. The van der Waals surface area contributed by atoms with Gasteiger partial charge in [0.25, 0.3) is 0 Å². The summed E-state index contributed by atoms with van der Waals surface area (Å²) < 4.78 is 0. The van der Waals surface area contributed by atoms with Crippen LogP contribution in [0.5, 0.6) is 0 Å². The van der Waals surface area contributed by atoms with Crippen LogP contribution in [0, 0.1) is 0 Å². The Hall–Kier alpha value is -2.13. The summed E-state index contributed by atoms with van der Waals surface area (Å²) >= 11 is 4.46. The summed E-state index contributed by atoms with van der Waals surface area (Å²) in [5, 5.41) is 0.907. The maximum absolute atomic E-state index is 12.9. The predicted octanol–water partition coefficient (Wildman–Crippen LogP) is 5.61. The van der Waals surface area contributed by atoms with Gasteiger partial charge >= 0.3 is 0 Å². The van der Waals surface area contributed by atoms with E-state index in [9.17, 15) is 4.79 Å². The topological polar surface area (TPSA) is 30.0 Å². The Labute approximate surface area is 153 Å². The van der Waals surface area contributed by atoms with E-state index in [1.54, 1.807) is 6.20 Å². The van der Waals surface area contributed by atoms with Gasteiger partial charge in [0, 0.05) is 28.5 Å². The standard InChI is InChI=1S/C22H21NOS/c24-20(18-13-14-23-22-19(18)9-4-10-21(22)25)12-11-16-7-3-6-15-5-1-2-8-17(15)16/h1-2,4-5,8-10,13-14,16,25H,3,6-7,11-12H2. The van der Waals surface area contributed by atoms with Gasteiger partial charge in [-0.05, 0) is 54.9 Å². The first-order chi connectivity index (χ1) is 12.2. The average Bonchev–Trinajstić information content (AvgIpc) is 2.66. The van der Waals surface area contributed by atoms with Crippen molar-refractivity contribution in [1.82, 2.24) is 4.98 Å². The molecule has 0 amide bonds. The fourth-order valence-electron chi connectivity index (χ4n) is 4.00. The lowest BCUT2D eigenvalue weighted by Gasteiger charge is -2.25. The normalized spacial score (nSPS) is 16.6. The predicted molar refractivity (Wildman–Crippen MR) is 105 cm³/mol. The van der Waals surface area contributed by atoms with E-state index in [-0.39, 0.29) is 5.78 Å². The van der Waals surface area contributed by atoms with Gasteiger partial charge in [-0.3, -0.25) is 9.78 Å². The van der Waals surface area contributed by atoms with Crippen LogP contribution < -0.4 is 0 Å². The minimum absolute atomic E-state index is 0.203. The summed E-state index contributed by atoms with van der Waals surface area (Å²) in [6.45, 7) is 0. The summed E-state index contributed by atoms with van der Waals surface area (Å²) in [5.41, 5.74) is 4.48. The molecule has 0 saturated heterocycles. The molecule has 1 aliphatic rings. The number of ketones is 1. The Kier molecular flexibility index (Phi) is 4.58. The molecule has 0 radical (unpaired) electrons. The van der Waals surface area contributed by atoms with E-state index >= 15 is 0 Å². The molecule has 25 heavy (non-hydrogen) atoms. The number of rotatable bonds is 4. The van der Waals surface area contributed by atoms with E-state index in [2.05, 4.69) is 41.9 Å². The molecule has 1 unspecified atom stereocenters. The average molecular weight is 347 g/mol. The van der Waals surface area contributed by atoms with Crippen LogP contribution in [0.1, 0.15) is 53.1 Å². The molecule has 4 rings (SSSR count). The largest absolute Gasteiger partial charge is 0.294 e. The molecular formula is C22H21NOS. The number of para-hydroxylation sites is 1. The minimum Gasteiger partial charge on any atom is -0.294 e. The lowest BCUT2D eigenvalue weighted by atomic mass is 9.80. The lowest BCUT2D eigenvalue weighted by Crippen LogP contribution is -2.11. The van der Waals surface area contributed by atoms with Gasteiger partial charge in [0.15, 0.2) is 5.78 Å². The van der Waals surface area contributed by atoms with Crippen molar-refractivity contribution in [2.45, 2.75) is 42.9 Å². The zero-order valence-electron chi connectivity index (χ0n) is 14.1. The number of fused-ring (bicyclic) bond motifs is 2. The van der Waals surface area contributed by atoms with Crippen LogP contribution in [0.4, 0.5) is 0 Å². The Balaban J connectivity index is 1.55. The third-order valence-electron chi connectivity index (χ3n) is 5.26. The van der Waals surface area contributed by atoms with Gasteiger partial charge in [0.2, 0.25) is 0 Å². The summed E-state index contributed by atoms with van der Waals surface area (Å²) in [6.07, 6.45) is 6.78. The van der Waals surface area contributed by atoms with Gasteiger partial charge in [0.05, 0.1) is 5.52 Å². The van der Waals surface area contributed by atoms with Crippen LogP contribution in [-0.2, 0) is 6.42 Å². The highest BCUT2D eigenvalue weighted by Gasteiger charge is 2.21. The molecule has 1 aliphatic carbocycles. The smallest absolute Gasteiger partial charge is 0.163 e. The lowest BCUT2D eigenvalue weighted by molar-refractivity contribution is 0.0978. The molecule has 0 spiro atoms. The van der Waals surface area contributed by atoms with Crippen LogP contribution in [0.2, 0.25) is 0 Å². The number of aromatic nitrogens is 1. The molecule has 1 atom stereocenters. The van der Waals surface area contributed by atoms with Crippen LogP contribution in [0.25, 0.3) is 10.9 Å². The van der Waals surface area contributed by atoms with E-state index < -0.39 is 0 Å². The molecule has 0 saturated carbocycles. The summed E-state index contributed by atoms with van der Waals surface area (Å²) in [7, 11) is 0. The number of benzene rings is 2. The molecule has 126 valence electrons. The molecule has 1 heterocycles. The van der Waals surface area contributed by atoms with Gasteiger partial charge in [-0.1, -0.05) is 36.4 Å². The highest BCUT2D eigenvalue weighted by atomic mass is 32.1. The summed E-state index contributed by atoms with van der Waals surface area (Å²) in [5.74, 6) is 0.705. The molecule has 1 aromatic heterocycles. The Bertz CT molecular complexity index is 934. The number of thiol groups is 1. The zero-order valence-corrected chi connectivity index (χ0v) is 15.0. The van der Waals surface area contributed by atoms with Crippen molar-refractivity contribution in [3.8, 4) is 0 Å². The number of carbonyl (C=O) groups is 1. The molecule has 0 N–H and O–H groups in total. The van der Waals surface area contributed by atoms with Crippen LogP contribution >= 0.6 is 12.6 Å². The van der Waals surface area contributed by atoms with Gasteiger partial charge in [-0.2, -0.15) is 0 Å². The van der Waals surface area contributed by atoms with Crippen molar-refractivity contribution >= 4 is 29.3 Å². The third kappa shape index (κ3) is 3.21. The number of aryl methyl sites for hydroxylation is 1. The van der Waals surface area contributed by atoms with Crippen molar-refractivity contribution in [3.63, 3.8) is 0 Å². The molecule has 2 aromatic carbocycles. The molecule has 0 aliphatic heterocycles. The number of nitrogens with zero attached hydrogens (tertiary/aromatic N) is 1. The second-order valence-corrected chi connectivity index (χ2v) is 7.26. The van der Waals surface area contributed by atoms with Crippen molar-refractivity contribution in [1.29, 1.82) is 0 Å². The van der Waals surface area contributed by atoms with Gasteiger partial charge in [-0.15, -0.1) is 12.6 Å².